The number of nitrogens with zero attached hydrogens (tertiary/aromatic N) is 5. The lowest BCUT2D eigenvalue weighted by Gasteiger charge is -2.15. The van der Waals surface area contributed by atoms with Gasteiger partial charge in [0.1, 0.15) is 8.07 Å². The molecule has 0 amide bonds. The summed E-state index contributed by atoms with van der Waals surface area (Å²) in [6.45, 7) is 6.73. The van der Waals surface area contributed by atoms with Crippen LogP contribution in [0, 0.1) is 10.1 Å². The van der Waals surface area contributed by atoms with Crippen molar-refractivity contribution in [2.75, 3.05) is 0 Å². The van der Waals surface area contributed by atoms with E-state index < -0.39 is 13.0 Å². The number of para-hydroxylation sites is 1. The van der Waals surface area contributed by atoms with Gasteiger partial charge in [0, 0.05) is 41.8 Å². The molecule has 0 bridgehead atoms. The molecule has 0 saturated heterocycles. The van der Waals surface area contributed by atoms with E-state index in [-0.39, 0.29) is 5.69 Å². The van der Waals surface area contributed by atoms with Gasteiger partial charge in [-0.25, -0.2) is 4.68 Å². The lowest BCUT2D eigenvalue weighted by molar-refractivity contribution is -0.384. The maximum Gasteiger partial charge on any atom is 0.269 e. The van der Waals surface area contributed by atoms with Crippen molar-refractivity contribution in [3.05, 3.63) is 64.8 Å². The van der Waals surface area contributed by atoms with Gasteiger partial charge in [0.25, 0.3) is 5.69 Å². The van der Waals surface area contributed by atoms with Gasteiger partial charge in [-0.05, 0) is 18.2 Å². The van der Waals surface area contributed by atoms with Crippen molar-refractivity contribution < 1.29 is 4.92 Å². The van der Waals surface area contributed by atoms with Gasteiger partial charge < -0.3 is 4.57 Å². The average Bonchev–Trinajstić information content (AvgIpc) is 3.23. The van der Waals surface area contributed by atoms with Crippen molar-refractivity contribution in [1.82, 2.24) is 19.6 Å². The van der Waals surface area contributed by atoms with Crippen LogP contribution in [0.2, 0.25) is 19.6 Å². The van der Waals surface area contributed by atoms with Crippen LogP contribution in [0.15, 0.2) is 54.7 Å². The van der Waals surface area contributed by atoms with E-state index in [4.69, 9.17) is 0 Å². The van der Waals surface area contributed by atoms with Crippen LogP contribution in [0.4, 0.5) is 5.69 Å². The van der Waals surface area contributed by atoms with Gasteiger partial charge in [-0.3, -0.25) is 10.1 Å². The van der Waals surface area contributed by atoms with E-state index in [1.165, 1.54) is 12.1 Å². The summed E-state index contributed by atoms with van der Waals surface area (Å²) in [4.78, 5) is 10.6. The molecule has 0 atom stereocenters. The Kier molecular flexibility index (Phi) is 4.15. The minimum absolute atomic E-state index is 0.0565. The first-order valence-corrected chi connectivity index (χ1v) is 12.5. The standard InChI is InChI=1S/C20H21N5O2Si/c1-23-13-17(16-7-5-6-8-18(16)23)19-20(28(2,3)4)21-22-24(19)14-9-11-15(12-10-14)25(26)27/h5-13H,1-4H3. The molecule has 0 spiro atoms. The summed E-state index contributed by atoms with van der Waals surface area (Å²) in [7, 11) is 0.236. The molecule has 7 nitrogen and oxygen atoms in total. The van der Waals surface area contributed by atoms with Crippen LogP contribution in [-0.4, -0.2) is 32.6 Å². The zero-order valence-electron chi connectivity index (χ0n) is 16.2. The molecule has 2 heterocycles. The van der Waals surface area contributed by atoms with Crippen molar-refractivity contribution >= 4 is 30.0 Å². The fraction of sp³-hybridized carbons (Fsp3) is 0.200. The Bertz CT molecular complexity index is 1190. The molecule has 0 radical (unpaired) electrons. The summed E-state index contributed by atoms with van der Waals surface area (Å²) < 4.78 is 3.91. The highest BCUT2D eigenvalue weighted by Crippen LogP contribution is 2.31. The van der Waals surface area contributed by atoms with Crippen LogP contribution in [-0.2, 0) is 7.05 Å². The molecule has 0 aliphatic heterocycles. The van der Waals surface area contributed by atoms with Crippen LogP contribution in [0.25, 0.3) is 27.8 Å². The lowest BCUT2D eigenvalue weighted by Crippen LogP contribution is -2.40. The third-order valence-electron chi connectivity index (χ3n) is 4.84. The third kappa shape index (κ3) is 2.91. The van der Waals surface area contributed by atoms with Crippen LogP contribution in [0.5, 0.6) is 0 Å². The fourth-order valence-corrected chi connectivity index (χ4v) is 4.75. The Morgan fingerprint density at radius 1 is 1.04 bits per heavy atom. The molecule has 4 rings (SSSR count). The second-order valence-electron chi connectivity index (χ2n) is 7.89. The Morgan fingerprint density at radius 2 is 1.71 bits per heavy atom. The largest absolute Gasteiger partial charge is 0.350 e. The monoisotopic (exact) mass is 391 g/mol. The van der Waals surface area contributed by atoms with Gasteiger partial charge in [0.15, 0.2) is 0 Å². The molecule has 4 aromatic rings. The van der Waals surface area contributed by atoms with Gasteiger partial charge in [-0.15, -0.1) is 5.10 Å². The number of nitro groups is 1. The van der Waals surface area contributed by atoms with E-state index in [0.29, 0.717) is 0 Å². The third-order valence-corrected chi connectivity index (χ3v) is 6.60. The van der Waals surface area contributed by atoms with Crippen molar-refractivity contribution in [2.24, 2.45) is 7.05 Å². The second-order valence-corrected chi connectivity index (χ2v) is 12.9. The Hall–Kier alpha value is -3.26. The van der Waals surface area contributed by atoms with E-state index >= 15 is 0 Å². The van der Waals surface area contributed by atoms with Crippen molar-refractivity contribution in [1.29, 1.82) is 0 Å². The Labute approximate surface area is 163 Å². The highest BCUT2D eigenvalue weighted by atomic mass is 28.3. The molecule has 2 aromatic heterocycles. The molecule has 2 aromatic carbocycles. The molecule has 0 saturated carbocycles. The van der Waals surface area contributed by atoms with Gasteiger partial charge in [-0.1, -0.05) is 43.1 Å². The molecule has 0 aliphatic rings. The summed E-state index contributed by atoms with van der Waals surface area (Å²) in [5.41, 5.74) is 3.98. The number of rotatable bonds is 4. The Balaban J connectivity index is 1.99. The number of non-ortho nitro benzene ring substituents is 1. The zero-order chi connectivity index (χ0) is 20.1. The normalized spacial score (nSPS) is 11.9. The number of hydrogen-bond donors (Lipinski definition) is 0. The van der Waals surface area contributed by atoms with E-state index in [2.05, 4.69) is 52.8 Å². The smallest absolute Gasteiger partial charge is 0.269 e. The van der Waals surface area contributed by atoms with Gasteiger partial charge in [0.05, 0.1) is 21.6 Å². The molecule has 0 N–H and O–H groups in total. The predicted octanol–water partition coefficient (Wildman–Crippen LogP) is 3.88. The minimum Gasteiger partial charge on any atom is -0.350 e. The van der Waals surface area contributed by atoms with Gasteiger partial charge in [0.2, 0.25) is 0 Å². The highest BCUT2D eigenvalue weighted by molar-refractivity contribution is 6.89. The average molecular weight is 392 g/mol. The molecule has 0 aliphatic carbocycles. The lowest BCUT2D eigenvalue weighted by atomic mass is 10.1. The molecule has 8 heteroatoms. The van der Waals surface area contributed by atoms with Crippen molar-refractivity contribution in [2.45, 2.75) is 19.6 Å². The van der Waals surface area contributed by atoms with E-state index in [0.717, 1.165) is 33.2 Å². The maximum atomic E-state index is 11.0. The Morgan fingerprint density at radius 3 is 2.36 bits per heavy atom. The van der Waals surface area contributed by atoms with Crippen LogP contribution in [0.3, 0.4) is 0 Å². The van der Waals surface area contributed by atoms with Crippen LogP contribution in [0.1, 0.15) is 0 Å². The number of aryl methyl sites for hydroxylation is 1. The number of aromatic nitrogens is 4. The van der Waals surface area contributed by atoms with Crippen LogP contribution < -0.4 is 5.32 Å². The van der Waals surface area contributed by atoms with E-state index in [1.54, 1.807) is 16.8 Å². The molecular weight excluding hydrogens is 370 g/mol. The molecular formula is C20H21N5O2Si. The fourth-order valence-electron chi connectivity index (χ4n) is 3.46. The number of benzene rings is 2. The van der Waals surface area contributed by atoms with Crippen molar-refractivity contribution in [3.8, 4) is 16.9 Å². The minimum atomic E-state index is -1.79. The summed E-state index contributed by atoms with van der Waals surface area (Å²) in [6.07, 6.45) is 2.11. The van der Waals surface area contributed by atoms with Gasteiger partial charge >= 0.3 is 0 Å². The quantitative estimate of drug-likeness (QED) is 0.300. The molecule has 28 heavy (non-hydrogen) atoms. The predicted molar refractivity (Wildman–Crippen MR) is 113 cm³/mol. The van der Waals surface area contributed by atoms with Gasteiger partial charge in [-0.2, -0.15) is 0 Å². The number of fused-ring (bicyclic) bond motifs is 1. The number of hydrogen-bond acceptors (Lipinski definition) is 4. The first-order chi connectivity index (χ1) is 13.3. The first kappa shape index (κ1) is 18.1. The first-order valence-electron chi connectivity index (χ1n) is 9.03. The number of nitro benzene ring substituents is 1. The maximum absolute atomic E-state index is 11.0. The summed E-state index contributed by atoms with van der Waals surface area (Å²) in [5.74, 6) is 0. The SMILES string of the molecule is Cn1cc(-c2c([Si](C)(C)C)nnn2-c2ccc([N+](=O)[O-])cc2)c2ccccc21. The summed E-state index contributed by atoms with van der Waals surface area (Å²) in [6, 6.07) is 14.7. The van der Waals surface area contributed by atoms with Crippen LogP contribution >= 0.6 is 0 Å². The molecule has 0 unspecified atom stereocenters. The topological polar surface area (TPSA) is 78.8 Å². The molecule has 142 valence electrons. The highest BCUT2D eigenvalue weighted by Gasteiger charge is 2.29. The van der Waals surface area contributed by atoms with Crippen molar-refractivity contribution in [3.63, 3.8) is 0 Å². The summed E-state index contributed by atoms with van der Waals surface area (Å²) in [5, 5.41) is 22.1. The van der Waals surface area contributed by atoms with E-state index in [1.807, 2.05) is 19.2 Å². The summed E-state index contributed by atoms with van der Waals surface area (Å²) >= 11 is 0. The van der Waals surface area contributed by atoms with E-state index in [9.17, 15) is 10.1 Å². The second kappa shape index (κ2) is 6.41. The molecule has 0 fully saturated rings. The zero-order valence-corrected chi connectivity index (χ0v) is 17.2.